The van der Waals surface area contributed by atoms with Gasteiger partial charge in [-0.05, 0) is 61.1 Å². The smallest absolute Gasteiger partial charge is 0.0975 e. The average Bonchev–Trinajstić information content (AvgIpc) is 2.14. The zero-order valence-corrected chi connectivity index (χ0v) is 11.7. The van der Waals surface area contributed by atoms with Crippen molar-refractivity contribution >= 4 is 22.6 Å². The Morgan fingerprint density at radius 3 is 2.33 bits per heavy atom. The Morgan fingerprint density at radius 2 is 1.80 bits per heavy atom. The molecule has 15 heavy (non-hydrogen) atoms. The van der Waals surface area contributed by atoms with Crippen LogP contribution in [0.2, 0.25) is 0 Å². The van der Waals surface area contributed by atoms with Gasteiger partial charge < -0.3 is 4.74 Å². The molecule has 0 radical (unpaired) electrons. The van der Waals surface area contributed by atoms with E-state index in [0.29, 0.717) is 6.73 Å². The van der Waals surface area contributed by atoms with Crippen molar-refractivity contribution in [2.45, 2.75) is 32.9 Å². The van der Waals surface area contributed by atoms with Gasteiger partial charge in [0.1, 0.15) is 0 Å². The van der Waals surface area contributed by atoms with Gasteiger partial charge in [-0.2, -0.15) is 0 Å². The Labute approximate surface area is 106 Å². The second kappa shape index (κ2) is 5.82. The summed E-state index contributed by atoms with van der Waals surface area (Å²) in [6.45, 7) is 7.61. The first-order chi connectivity index (χ1) is 6.97. The van der Waals surface area contributed by atoms with Crippen LogP contribution in [0, 0.1) is 3.57 Å². The minimum Gasteiger partial charge on any atom is -0.361 e. The molecule has 1 aromatic rings. The Hall–Kier alpha value is -0.130. The predicted octanol–water partition coefficient (Wildman–Crippen LogP) is 3.15. The molecule has 0 amide bonds. The van der Waals surface area contributed by atoms with Crippen molar-refractivity contribution in [1.82, 2.24) is 5.32 Å². The van der Waals surface area contributed by atoms with Crippen molar-refractivity contribution in [3.63, 3.8) is 0 Å². The molecule has 3 heteroatoms. The summed E-state index contributed by atoms with van der Waals surface area (Å²) in [5.41, 5.74) is 1.21. The van der Waals surface area contributed by atoms with Crippen molar-refractivity contribution < 1.29 is 4.74 Å². The number of benzene rings is 1. The van der Waals surface area contributed by atoms with Gasteiger partial charge in [0.25, 0.3) is 0 Å². The molecule has 1 N–H and O–H groups in total. The van der Waals surface area contributed by atoms with Crippen molar-refractivity contribution in [1.29, 1.82) is 0 Å². The summed E-state index contributed by atoms with van der Waals surface area (Å²) in [4.78, 5) is 0. The number of ether oxygens (including phenoxy) is 1. The summed E-state index contributed by atoms with van der Waals surface area (Å²) >= 11 is 2.31. The van der Waals surface area contributed by atoms with Crippen molar-refractivity contribution in [3.8, 4) is 0 Å². The molecule has 0 aromatic heterocycles. The summed E-state index contributed by atoms with van der Waals surface area (Å²) in [5, 5.41) is 3.25. The summed E-state index contributed by atoms with van der Waals surface area (Å²) in [5.74, 6) is 0. The summed E-state index contributed by atoms with van der Waals surface area (Å²) in [6.07, 6.45) is 0. The largest absolute Gasteiger partial charge is 0.361 e. The highest BCUT2D eigenvalue weighted by molar-refractivity contribution is 14.1. The van der Waals surface area contributed by atoms with E-state index in [2.05, 4.69) is 72.9 Å². The first-order valence-electron chi connectivity index (χ1n) is 5.06. The zero-order valence-electron chi connectivity index (χ0n) is 9.51. The third-order valence-corrected chi connectivity index (χ3v) is 2.57. The highest BCUT2D eigenvalue weighted by Crippen LogP contribution is 2.07. The molecule has 2 nitrogen and oxygen atoms in total. The first-order valence-corrected chi connectivity index (χ1v) is 6.14. The lowest BCUT2D eigenvalue weighted by Crippen LogP contribution is -2.27. The molecular weight excluding hydrogens is 301 g/mol. The Morgan fingerprint density at radius 1 is 1.20 bits per heavy atom. The van der Waals surface area contributed by atoms with E-state index < -0.39 is 0 Å². The predicted molar refractivity (Wildman–Crippen MR) is 71.7 cm³/mol. The van der Waals surface area contributed by atoms with Gasteiger partial charge in [-0.25, -0.2) is 0 Å². The topological polar surface area (TPSA) is 21.3 Å². The Kier molecular flexibility index (Phi) is 5.02. The van der Waals surface area contributed by atoms with E-state index in [1.165, 1.54) is 9.13 Å². The van der Waals surface area contributed by atoms with Crippen LogP contribution in [0.5, 0.6) is 0 Å². The lowest BCUT2D eigenvalue weighted by Gasteiger charge is -2.19. The minimum atomic E-state index is -0.0704. The van der Waals surface area contributed by atoms with E-state index in [-0.39, 0.29) is 5.60 Å². The number of nitrogens with one attached hydrogen (secondary N) is 1. The maximum absolute atomic E-state index is 5.56. The maximum atomic E-state index is 5.56. The second-order valence-corrected chi connectivity index (χ2v) is 5.70. The van der Waals surface area contributed by atoms with Crippen LogP contribution in [0.4, 0.5) is 0 Å². The van der Waals surface area contributed by atoms with Crippen molar-refractivity contribution in [2.24, 2.45) is 0 Å². The van der Waals surface area contributed by atoms with Crippen LogP contribution in [-0.2, 0) is 11.3 Å². The van der Waals surface area contributed by atoms with Gasteiger partial charge in [0.2, 0.25) is 0 Å². The van der Waals surface area contributed by atoms with Crippen LogP contribution in [-0.4, -0.2) is 12.3 Å². The fourth-order valence-corrected chi connectivity index (χ4v) is 1.42. The number of rotatable bonds is 4. The molecule has 0 fully saturated rings. The molecular formula is C12H18INO. The van der Waals surface area contributed by atoms with Gasteiger partial charge in [-0.15, -0.1) is 0 Å². The van der Waals surface area contributed by atoms with Crippen LogP contribution in [0.1, 0.15) is 26.3 Å². The highest BCUT2D eigenvalue weighted by Gasteiger charge is 2.08. The Balaban J connectivity index is 2.23. The van der Waals surface area contributed by atoms with Crippen LogP contribution in [0.25, 0.3) is 0 Å². The molecule has 0 aliphatic carbocycles. The normalized spacial score (nSPS) is 11.7. The molecule has 0 saturated carbocycles. The number of hydrogen-bond donors (Lipinski definition) is 1. The lowest BCUT2D eigenvalue weighted by molar-refractivity contribution is -0.0138. The van der Waals surface area contributed by atoms with Crippen LogP contribution >= 0.6 is 22.6 Å². The van der Waals surface area contributed by atoms with Crippen LogP contribution < -0.4 is 5.32 Å². The van der Waals surface area contributed by atoms with Crippen LogP contribution in [0.15, 0.2) is 24.3 Å². The monoisotopic (exact) mass is 319 g/mol. The molecule has 1 rings (SSSR count). The molecule has 0 saturated heterocycles. The van der Waals surface area contributed by atoms with Crippen molar-refractivity contribution in [2.75, 3.05) is 6.73 Å². The van der Waals surface area contributed by atoms with Gasteiger partial charge in [0, 0.05) is 10.1 Å². The van der Waals surface area contributed by atoms with Gasteiger partial charge in [0.15, 0.2) is 0 Å². The quantitative estimate of drug-likeness (QED) is 0.523. The van der Waals surface area contributed by atoms with Crippen LogP contribution in [0.3, 0.4) is 0 Å². The van der Waals surface area contributed by atoms with E-state index in [1.807, 2.05) is 0 Å². The lowest BCUT2D eigenvalue weighted by atomic mass is 10.2. The molecule has 0 aliphatic rings. The highest BCUT2D eigenvalue weighted by atomic mass is 127. The standard InChI is InChI=1S/C12H18INO/c1-12(2,3)15-9-14-8-10-4-6-11(13)7-5-10/h4-7,14H,8-9H2,1-3H3. The molecule has 0 heterocycles. The molecule has 0 atom stereocenters. The van der Waals surface area contributed by atoms with E-state index >= 15 is 0 Å². The summed E-state index contributed by atoms with van der Waals surface area (Å²) < 4.78 is 6.83. The summed E-state index contributed by atoms with van der Waals surface area (Å²) in [7, 11) is 0. The van der Waals surface area contributed by atoms with Gasteiger partial charge >= 0.3 is 0 Å². The Bertz CT molecular complexity index is 289. The zero-order chi connectivity index (χ0) is 11.3. The summed E-state index contributed by atoms with van der Waals surface area (Å²) in [6, 6.07) is 8.49. The molecule has 0 unspecified atom stereocenters. The third-order valence-electron chi connectivity index (χ3n) is 1.85. The van der Waals surface area contributed by atoms with Crippen molar-refractivity contribution in [3.05, 3.63) is 33.4 Å². The number of halogens is 1. The first kappa shape index (κ1) is 12.9. The molecule has 1 aromatic carbocycles. The van der Waals surface area contributed by atoms with E-state index in [4.69, 9.17) is 4.74 Å². The van der Waals surface area contributed by atoms with Gasteiger partial charge in [-0.1, -0.05) is 12.1 Å². The SMILES string of the molecule is CC(C)(C)OCNCc1ccc(I)cc1. The molecule has 0 spiro atoms. The molecule has 84 valence electrons. The van der Waals surface area contributed by atoms with Gasteiger partial charge in [-0.3, -0.25) is 5.32 Å². The molecule has 0 aliphatic heterocycles. The average molecular weight is 319 g/mol. The number of hydrogen-bond acceptors (Lipinski definition) is 2. The fourth-order valence-electron chi connectivity index (χ4n) is 1.07. The van der Waals surface area contributed by atoms with E-state index in [9.17, 15) is 0 Å². The minimum absolute atomic E-state index is 0.0704. The van der Waals surface area contributed by atoms with Gasteiger partial charge in [0.05, 0.1) is 12.3 Å². The van der Waals surface area contributed by atoms with E-state index in [1.54, 1.807) is 0 Å². The maximum Gasteiger partial charge on any atom is 0.0975 e. The second-order valence-electron chi connectivity index (χ2n) is 4.45. The van der Waals surface area contributed by atoms with E-state index in [0.717, 1.165) is 6.54 Å². The fraction of sp³-hybridized carbons (Fsp3) is 0.500. The third kappa shape index (κ3) is 6.12. The molecule has 0 bridgehead atoms.